The Kier molecular flexibility index (Phi) is 1.55. The number of carbonyl (C=O) groups is 1. The van der Waals surface area contributed by atoms with Crippen LogP contribution in [0.3, 0.4) is 0 Å². The number of aliphatic hydroxyl groups is 1. The van der Waals surface area contributed by atoms with Crippen LogP contribution < -0.4 is 0 Å². The van der Waals surface area contributed by atoms with Crippen molar-refractivity contribution in [2.24, 2.45) is 0 Å². The van der Waals surface area contributed by atoms with Gasteiger partial charge in [0.25, 0.3) is 0 Å². The molecule has 0 bridgehead atoms. The molecule has 0 radical (unpaired) electrons. The first-order chi connectivity index (χ1) is 6.20. The highest BCUT2D eigenvalue weighted by Gasteiger charge is 2.19. The first kappa shape index (κ1) is 7.80. The van der Waals surface area contributed by atoms with Gasteiger partial charge in [0.1, 0.15) is 5.76 Å². The quantitative estimate of drug-likeness (QED) is 0.652. The summed E-state index contributed by atoms with van der Waals surface area (Å²) in [6.07, 6.45) is 1.20. The third kappa shape index (κ3) is 1.07. The van der Waals surface area contributed by atoms with Crippen LogP contribution in [-0.4, -0.2) is 10.9 Å². The Bertz CT molecular complexity index is 427. The summed E-state index contributed by atoms with van der Waals surface area (Å²) in [6, 6.07) is 7.11. The summed E-state index contributed by atoms with van der Waals surface area (Å²) in [5.41, 5.74) is 1.83. The number of allylic oxidation sites excluding steroid dienone is 2. The topological polar surface area (TPSA) is 37.3 Å². The van der Waals surface area contributed by atoms with Crippen LogP contribution in [0.2, 0.25) is 0 Å². The van der Waals surface area contributed by atoms with Gasteiger partial charge >= 0.3 is 0 Å². The Morgan fingerprint density at radius 1 is 1.15 bits per heavy atom. The molecule has 0 atom stereocenters. The zero-order valence-corrected chi connectivity index (χ0v) is 6.95. The molecule has 13 heavy (non-hydrogen) atoms. The zero-order valence-electron chi connectivity index (χ0n) is 6.95. The number of fused-ring (bicyclic) bond motifs is 1. The van der Waals surface area contributed by atoms with Crippen molar-refractivity contribution < 1.29 is 9.90 Å². The van der Waals surface area contributed by atoms with Crippen molar-refractivity contribution in [2.75, 3.05) is 0 Å². The Hall–Kier alpha value is -1.83. The number of ketones is 1. The van der Waals surface area contributed by atoms with Crippen molar-refractivity contribution in [3.05, 3.63) is 53.8 Å². The number of rotatable bonds is 0. The Morgan fingerprint density at radius 2 is 1.77 bits per heavy atom. The molecule has 2 nitrogen and oxygen atoms in total. The number of benzene rings is 1. The predicted octanol–water partition coefficient (Wildman–Crippen LogP) is 2.34. The van der Waals surface area contributed by atoms with Crippen LogP contribution in [0.15, 0.2) is 42.7 Å². The van der Waals surface area contributed by atoms with Gasteiger partial charge in [0.2, 0.25) is 0 Å². The van der Waals surface area contributed by atoms with Crippen LogP contribution in [0.25, 0.3) is 5.57 Å². The number of carbonyl (C=O) groups excluding carboxylic acids is 1. The van der Waals surface area contributed by atoms with E-state index in [0.717, 1.165) is 0 Å². The van der Waals surface area contributed by atoms with Gasteiger partial charge in [0, 0.05) is 17.2 Å². The smallest absolute Gasteiger partial charge is 0.190 e. The summed E-state index contributed by atoms with van der Waals surface area (Å²) >= 11 is 0. The second-order valence-electron chi connectivity index (χ2n) is 2.92. The number of hydrogen-bond donors (Lipinski definition) is 1. The Morgan fingerprint density at radius 3 is 2.46 bits per heavy atom. The molecule has 0 aliphatic heterocycles. The molecule has 0 aromatic heterocycles. The highest BCUT2D eigenvalue weighted by molar-refractivity contribution is 6.12. The maximum atomic E-state index is 11.4. The Balaban J connectivity index is 2.69. The highest BCUT2D eigenvalue weighted by atomic mass is 16.3. The van der Waals surface area contributed by atoms with E-state index in [2.05, 4.69) is 6.58 Å². The van der Waals surface area contributed by atoms with Crippen LogP contribution in [0.5, 0.6) is 0 Å². The normalized spacial score (nSPS) is 15.2. The van der Waals surface area contributed by atoms with E-state index >= 15 is 0 Å². The monoisotopic (exact) mass is 172 g/mol. The molecular weight excluding hydrogens is 164 g/mol. The first-order valence-electron chi connectivity index (χ1n) is 3.94. The molecule has 0 saturated carbocycles. The summed E-state index contributed by atoms with van der Waals surface area (Å²) in [5.74, 6) is -0.204. The standard InChI is InChI=1S/C11H8O2/c1-7-8-4-2-3-5-9(8)11(13)6-10(7)12/h2-6,12H,1H2. The fourth-order valence-electron chi connectivity index (χ4n) is 1.39. The van der Waals surface area contributed by atoms with Gasteiger partial charge in [0.15, 0.2) is 5.78 Å². The molecule has 0 saturated heterocycles. The zero-order chi connectivity index (χ0) is 9.42. The van der Waals surface area contributed by atoms with E-state index < -0.39 is 0 Å². The molecule has 1 aromatic rings. The molecule has 1 N–H and O–H groups in total. The minimum absolute atomic E-state index is 0.0382. The molecule has 1 aromatic carbocycles. The van der Waals surface area contributed by atoms with E-state index in [4.69, 9.17) is 0 Å². The third-order valence-corrected chi connectivity index (χ3v) is 2.09. The lowest BCUT2D eigenvalue weighted by Gasteiger charge is -2.13. The summed E-state index contributed by atoms with van der Waals surface area (Å²) in [5, 5.41) is 9.34. The van der Waals surface area contributed by atoms with Crippen LogP contribution in [-0.2, 0) is 0 Å². The molecule has 0 amide bonds. The average Bonchev–Trinajstić information content (AvgIpc) is 2.15. The van der Waals surface area contributed by atoms with E-state index in [-0.39, 0.29) is 11.5 Å². The molecule has 1 aliphatic carbocycles. The van der Waals surface area contributed by atoms with Crippen molar-refractivity contribution in [2.45, 2.75) is 0 Å². The van der Waals surface area contributed by atoms with Crippen LogP contribution in [0.1, 0.15) is 15.9 Å². The molecule has 0 fully saturated rings. The van der Waals surface area contributed by atoms with Gasteiger partial charge < -0.3 is 5.11 Å². The maximum absolute atomic E-state index is 11.4. The highest BCUT2D eigenvalue weighted by Crippen LogP contribution is 2.27. The van der Waals surface area contributed by atoms with E-state index in [0.29, 0.717) is 16.7 Å². The summed E-state index contributed by atoms with van der Waals surface area (Å²) in [4.78, 5) is 11.4. The minimum Gasteiger partial charge on any atom is -0.507 e. The fraction of sp³-hybridized carbons (Fsp3) is 0. The van der Waals surface area contributed by atoms with Crippen molar-refractivity contribution in [1.29, 1.82) is 0 Å². The predicted molar refractivity (Wildman–Crippen MR) is 50.5 cm³/mol. The van der Waals surface area contributed by atoms with Gasteiger partial charge in [0.05, 0.1) is 0 Å². The van der Waals surface area contributed by atoms with Crippen molar-refractivity contribution in [1.82, 2.24) is 0 Å². The van der Waals surface area contributed by atoms with Gasteiger partial charge in [-0.3, -0.25) is 4.79 Å². The number of aliphatic hydroxyl groups excluding tert-OH is 1. The van der Waals surface area contributed by atoms with Gasteiger partial charge in [-0.05, 0) is 5.56 Å². The lowest BCUT2D eigenvalue weighted by Crippen LogP contribution is -2.07. The minimum atomic E-state index is -0.166. The SMILES string of the molecule is C=C1C(O)=CC(=O)c2ccccc21. The molecule has 2 rings (SSSR count). The molecule has 1 aliphatic rings. The van der Waals surface area contributed by atoms with Crippen LogP contribution in [0.4, 0.5) is 0 Å². The average molecular weight is 172 g/mol. The first-order valence-corrected chi connectivity index (χ1v) is 3.94. The third-order valence-electron chi connectivity index (χ3n) is 2.09. The lowest BCUT2D eigenvalue weighted by atomic mass is 9.91. The molecule has 2 heteroatoms. The summed E-state index contributed by atoms with van der Waals surface area (Å²) < 4.78 is 0. The molecule has 0 heterocycles. The maximum Gasteiger partial charge on any atom is 0.190 e. The second kappa shape index (κ2) is 2.59. The van der Waals surface area contributed by atoms with Gasteiger partial charge in [-0.25, -0.2) is 0 Å². The van der Waals surface area contributed by atoms with Crippen molar-refractivity contribution >= 4 is 11.4 Å². The van der Waals surface area contributed by atoms with E-state index in [1.54, 1.807) is 18.2 Å². The van der Waals surface area contributed by atoms with Gasteiger partial charge in [-0.2, -0.15) is 0 Å². The number of hydrogen-bond acceptors (Lipinski definition) is 2. The summed E-state index contributed by atoms with van der Waals surface area (Å²) in [7, 11) is 0. The largest absolute Gasteiger partial charge is 0.507 e. The molecular formula is C11H8O2. The van der Waals surface area contributed by atoms with Gasteiger partial charge in [-0.1, -0.05) is 30.8 Å². The Labute approximate surface area is 75.8 Å². The van der Waals surface area contributed by atoms with E-state index in [9.17, 15) is 9.90 Å². The molecule has 0 spiro atoms. The summed E-state index contributed by atoms with van der Waals surface area (Å²) in [6.45, 7) is 3.70. The molecule has 64 valence electrons. The fourth-order valence-corrected chi connectivity index (χ4v) is 1.39. The van der Waals surface area contributed by atoms with Crippen molar-refractivity contribution in [3.8, 4) is 0 Å². The second-order valence-corrected chi connectivity index (χ2v) is 2.92. The van der Waals surface area contributed by atoms with Crippen LogP contribution in [0, 0.1) is 0 Å². The van der Waals surface area contributed by atoms with E-state index in [1.165, 1.54) is 6.08 Å². The van der Waals surface area contributed by atoms with Crippen molar-refractivity contribution in [3.63, 3.8) is 0 Å². The lowest BCUT2D eigenvalue weighted by molar-refractivity contribution is 0.104. The van der Waals surface area contributed by atoms with E-state index in [1.807, 2.05) is 6.07 Å². The molecule has 0 unspecified atom stereocenters. The van der Waals surface area contributed by atoms with Crippen LogP contribution >= 0.6 is 0 Å². The van der Waals surface area contributed by atoms with Gasteiger partial charge in [-0.15, -0.1) is 0 Å².